The Morgan fingerprint density at radius 1 is 1.33 bits per heavy atom. The van der Waals surface area contributed by atoms with Crippen molar-refractivity contribution in [1.29, 1.82) is 0 Å². The summed E-state index contributed by atoms with van der Waals surface area (Å²) in [4.78, 5) is 4.83. The first-order valence-electron chi connectivity index (χ1n) is 4.31. The summed E-state index contributed by atoms with van der Waals surface area (Å²) in [6.45, 7) is 0.356. The zero-order valence-electron chi connectivity index (χ0n) is 7.71. The van der Waals surface area contributed by atoms with Gasteiger partial charge in [-0.2, -0.15) is 0 Å². The number of rotatable bonds is 2. The minimum atomic E-state index is -0.477. The van der Waals surface area contributed by atoms with Gasteiger partial charge in [0.25, 0.3) is 0 Å². The van der Waals surface area contributed by atoms with E-state index in [4.69, 9.17) is 5.73 Å². The van der Waals surface area contributed by atoms with Crippen LogP contribution >= 0.6 is 11.3 Å². The minimum absolute atomic E-state index is 0.180. The molecule has 0 atom stereocenters. The molecule has 0 amide bonds. The zero-order chi connectivity index (χ0) is 10.8. The minimum Gasteiger partial charge on any atom is -0.326 e. The third-order valence-electron chi connectivity index (χ3n) is 1.91. The second kappa shape index (κ2) is 4.04. The van der Waals surface area contributed by atoms with Gasteiger partial charge in [0.05, 0.1) is 0 Å². The first kappa shape index (κ1) is 10.2. The average molecular weight is 226 g/mol. The Balaban J connectivity index is 2.48. The van der Waals surface area contributed by atoms with Crippen LogP contribution < -0.4 is 5.73 Å². The fraction of sp³-hybridized carbons (Fsp3) is 0.100. The van der Waals surface area contributed by atoms with Gasteiger partial charge in [0.15, 0.2) is 0 Å². The van der Waals surface area contributed by atoms with E-state index in [9.17, 15) is 8.78 Å². The van der Waals surface area contributed by atoms with Gasteiger partial charge >= 0.3 is 0 Å². The lowest BCUT2D eigenvalue weighted by molar-refractivity contribution is 0.603. The summed E-state index contributed by atoms with van der Waals surface area (Å²) in [5, 5.41) is 0.451. The zero-order valence-corrected chi connectivity index (χ0v) is 8.52. The molecule has 0 fully saturated rings. The Hall–Kier alpha value is -1.33. The molecule has 2 nitrogen and oxygen atoms in total. The number of halogens is 2. The molecule has 0 spiro atoms. The van der Waals surface area contributed by atoms with Gasteiger partial charge in [-0.05, 0) is 18.2 Å². The highest BCUT2D eigenvalue weighted by atomic mass is 32.1. The Labute approximate surface area is 89.4 Å². The lowest BCUT2D eigenvalue weighted by Gasteiger charge is -1.98. The molecule has 0 aliphatic heterocycles. The first-order chi connectivity index (χ1) is 7.20. The van der Waals surface area contributed by atoms with Gasteiger partial charge in [0.2, 0.25) is 0 Å². The van der Waals surface area contributed by atoms with Crippen LogP contribution in [0.4, 0.5) is 8.78 Å². The van der Waals surface area contributed by atoms with Crippen LogP contribution in [-0.4, -0.2) is 4.98 Å². The van der Waals surface area contributed by atoms with Crippen LogP contribution in [-0.2, 0) is 6.54 Å². The molecule has 0 unspecified atom stereocenters. The van der Waals surface area contributed by atoms with E-state index in [-0.39, 0.29) is 5.56 Å². The average Bonchev–Trinajstić information content (AvgIpc) is 2.70. The van der Waals surface area contributed by atoms with E-state index in [0.29, 0.717) is 11.6 Å². The summed E-state index contributed by atoms with van der Waals surface area (Å²) < 4.78 is 26.2. The highest BCUT2D eigenvalue weighted by Crippen LogP contribution is 2.27. The van der Waals surface area contributed by atoms with E-state index >= 15 is 0 Å². The quantitative estimate of drug-likeness (QED) is 0.854. The molecule has 15 heavy (non-hydrogen) atoms. The molecule has 0 bridgehead atoms. The van der Waals surface area contributed by atoms with E-state index in [1.165, 1.54) is 11.3 Å². The van der Waals surface area contributed by atoms with Crippen LogP contribution in [0.5, 0.6) is 0 Å². The number of nitrogens with zero attached hydrogens (tertiary/aromatic N) is 1. The van der Waals surface area contributed by atoms with Crippen LogP contribution in [0.25, 0.3) is 10.6 Å². The van der Waals surface area contributed by atoms with Crippen LogP contribution in [0.2, 0.25) is 0 Å². The maximum Gasteiger partial charge on any atom is 0.133 e. The predicted molar refractivity (Wildman–Crippen MR) is 55.4 cm³/mol. The Kier molecular flexibility index (Phi) is 2.75. The summed E-state index contributed by atoms with van der Waals surface area (Å²) in [5.41, 5.74) is 5.59. The van der Waals surface area contributed by atoms with E-state index in [1.54, 1.807) is 6.20 Å². The Bertz CT molecular complexity index is 482. The van der Waals surface area contributed by atoms with Gasteiger partial charge < -0.3 is 5.73 Å². The third kappa shape index (κ3) is 2.03. The molecule has 78 valence electrons. The van der Waals surface area contributed by atoms with E-state index < -0.39 is 11.6 Å². The highest BCUT2D eigenvalue weighted by molar-refractivity contribution is 7.15. The lowest BCUT2D eigenvalue weighted by Crippen LogP contribution is -1.91. The second-order valence-electron chi connectivity index (χ2n) is 2.96. The fourth-order valence-corrected chi connectivity index (χ4v) is 2.00. The van der Waals surface area contributed by atoms with Crippen molar-refractivity contribution in [3.63, 3.8) is 0 Å². The summed E-state index contributed by atoms with van der Waals surface area (Å²) >= 11 is 1.27. The van der Waals surface area contributed by atoms with E-state index in [0.717, 1.165) is 23.1 Å². The third-order valence-corrected chi connectivity index (χ3v) is 2.97. The molecule has 0 aliphatic rings. The summed E-state index contributed by atoms with van der Waals surface area (Å²) in [5.74, 6) is -0.954. The molecule has 1 heterocycles. The molecule has 0 saturated carbocycles. The smallest absolute Gasteiger partial charge is 0.133 e. The van der Waals surface area contributed by atoms with Crippen molar-refractivity contribution < 1.29 is 8.78 Å². The van der Waals surface area contributed by atoms with Crippen molar-refractivity contribution in [2.24, 2.45) is 5.73 Å². The van der Waals surface area contributed by atoms with Gasteiger partial charge in [-0.25, -0.2) is 13.8 Å². The molecule has 2 N–H and O–H groups in total. The molecule has 0 saturated heterocycles. The monoisotopic (exact) mass is 226 g/mol. The lowest BCUT2D eigenvalue weighted by atomic mass is 10.2. The normalized spacial score (nSPS) is 10.6. The number of aromatic nitrogens is 1. The summed E-state index contributed by atoms with van der Waals surface area (Å²) in [6.07, 6.45) is 1.57. The predicted octanol–water partition coefficient (Wildman–Crippen LogP) is 2.55. The number of benzene rings is 1. The highest BCUT2D eigenvalue weighted by Gasteiger charge is 2.10. The number of thiazole rings is 1. The maximum atomic E-state index is 13.3. The topological polar surface area (TPSA) is 38.9 Å². The van der Waals surface area contributed by atoms with E-state index in [2.05, 4.69) is 4.98 Å². The molecular weight excluding hydrogens is 218 g/mol. The van der Waals surface area contributed by atoms with Gasteiger partial charge in [0, 0.05) is 23.2 Å². The van der Waals surface area contributed by atoms with Crippen molar-refractivity contribution in [1.82, 2.24) is 4.98 Å². The van der Waals surface area contributed by atoms with Gasteiger partial charge in [-0.1, -0.05) is 0 Å². The first-order valence-corrected chi connectivity index (χ1v) is 5.12. The Morgan fingerprint density at radius 3 is 2.80 bits per heavy atom. The fourth-order valence-electron chi connectivity index (χ4n) is 1.19. The standard InChI is InChI=1S/C10H8F2N2S/c11-6-1-2-9(12)8(3-6)10-14-5-7(4-13)15-10/h1-3,5H,4,13H2. The van der Waals surface area contributed by atoms with Crippen molar-refractivity contribution >= 4 is 11.3 Å². The Morgan fingerprint density at radius 2 is 2.13 bits per heavy atom. The van der Waals surface area contributed by atoms with Crippen molar-refractivity contribution in [3.05, 3.63) is 40.9 Å². The molecule has 0 radical (unpaired) electrons. The molecule has 2 rings (SSSR count). The van der Waals surface area contributed by atoms with Crippen LogP contribution in [0.3, 0.4) is 0 Å². The second-order valence-corrected chi connectivity index (χ2v) is 4.08. The molecule has 1 aromatic carbocycles. The molecular formula is C10H8F2N2S. The van der Waals surface area contributed by atoms with Crippen molar-refractivity contribution in [2.45, 2.75) is 6.54 Å². The summed E-state index contributed by atoms with van der Waals surface area (Å²) in [7, 11) is 0. The van der Waals surface area contributed by atoms with Crippen LogP contribution in [0.1, 0.15) is 4.88 Å². The molecule has 2 aromatic rings. The summed E-state index contributed by atoms with van der Waals surface area (Å²) in [6, 6.07) is 3.30. The molecule has 0 aliphatic carbocycles. The largest absolute Gasteiger partial charge is 0.326 e. The van der Waals surface area contributed by atoms with Crippen molar-refractivity contribution in [2.75, 3.05) is 0 Å². The SMILES string of the molecule is NCc1cnc(-c2cc(F)ccc2F)s1. The van der Waals surface area contributed by atoms with Gasteiger partial charge in [-0.3, -0.25) is 0 Å². The van der Waals surface area contributed by atoms with E-state index in [1.807, 2.05) is 0 Å². The maximum absolute atomic E-state index is 13.3. The molecule has 5 heteroatoms. The number of nitrogens with two attached hydrogens (primary N) is 1. The number of hydrogen-bond acceptors (Lipinski definition) is 3. The van der Waals surface area contributed by atoms with Crippen LogP contribution in [0, 0.1) is 11.6 Å². The van der Waals surface area contributed by atoms with Gasteiger partial charge in [0.1, 0.15) is 16.6 Å². The van der Waals surface area contributed by atoms with Gasteiger partial charge in [-0.15, -0.1) is 11.3 Å². The van der Waals surface area contributed by atoms with Crippen molar-refractivity contribution in [3.8, 4) is 10.6 Å². The molecule has 1 aromatic heterocycles. The van der Waals surface area contributed by atoms with Crippen LogP contribution in [0.15, 0.2) is 24.4 Å². The number of hydrogen-bond donors (Lipinski definition) is 1.